The van der Waals surface area contributed by atoms with Crippen LogP contribution in [0.4, 0.5) is 4.79 Å². The van der Waals surface area contributed by atoms with E-state index in [0.717, 1.165) is 28.9 Å². The van der Waals surface area contributed by atoms with Crippen molar-refractivity contribution >= 4 is 29.7 Å². The van der Waals surface area contributed by atoms with Gasteiger partial charge in [0.1, 0.15) is 6.04 Å². The van der Waals surface area contributed by atoms with Gasteiger partial charge in [-0.2, -0.15) is 0 Å². The number of carboxylic acid groups (broad SMARTS) is 1. The van der Waals surface area contributed by atoms with Gasteiger partial charge in [0.2, 0.25) is 11.8 Å². The lowest BCUT2D eigenvalue weighted by Crippen LogP contribution is -2.55. The fraction of sp³-hybridized carbons (Fsp3) is 0.560. The number of nitrogens with zero attached hydrogens (tertiary/aromatic N) is 3. The summed E-state index contributed by atoms with van der Waals surface area (Å²) in [5.74, 6) is -2.04. The number of imide groups is 2. The van der Waals surface area contributed by atoms with Crippen molar-refractivity contribution < 1.29 is 29.1 Å². The van der Waals surface area contributed by atoms with Gasteiger partial charge in [0.25, 0.3) is 11.8 Å². The first-order valence-electron chi connectivity index (χ1n) is 12.1. The molecule has 4 aliphatic rings. The summed E-state index contributed by atoms with van der Waals surface area (Å²) in [5.41, 5.74) is 1.85. The molecule has 0 saturated carbocycles. The van der Waals surface area contributed by atoms with E-state index in [0.29, 0.717) is 25.2 Å². The molecule has 10 heteroatoms. The Kier molecular flexibility index (Phi) is 5.47. The predicted octanol–water partition coefficient (Wildman–Crippen LogP) is 1.71. The lowest BCUT2D eigenvalue weighted by atomic mass is 9.79. The van der Waals surface area contributed by atoms with Gasteiger partial charge in [0.15, 0.2) is 0 Å². The van der Waals surface area contributed by atoms with Gasteiger partial charge in [-0.05, 0) is 41.9 Å². The number of piperidine rings is 1. The summed E-state index contributed by atoms with van der Waals surface area (Å²) in [6.45, 7) is 7.76. The number of carbonyl (C=O) groups excluding carboxylic acids is 4. The highest BCUT2D eigenvalue weighted by atomic mass is 16.4. The summed E-state index contributed by atoms with van der Waals surface area (Å²) in [7, 11) is 0. The molecule has 5 amide bonds. The zero-order valence-corrected chi connectivity index (χ0v) is 20.2. The maximum absolute atomic E-state index is 13.6. The standard InChI is InChI=1S/C25H30N4O6/c1-25(2,3)20-13(10-27-11-14-5-6-15(12-27)28(14)24(34)35)4-7-16-19(20)23(33)29(22(16)32)17-8-9-18(30)26-21(17)31/h4,7,14-15,17H,5-6,8-12H2,1-3H3,(H,34,35)(H,26,30,31). The summed E-state index contributed by atoms with van der Waals surface area (Å²) in [4.78, 5) is 67.4. The van der Waals surface area contributed by atoms with Gasteiger partial charge >= 0.3 is 6.09 Å². The summed E-state index contributed by atoms with van der Waals surface area (Å²) in [6.07, 6.45) is 1.01. The fourth-order valence-corrected chi connectivity index (χ4v) is 6.26. The van der Waals surface area contributed by atoms with Crippen molar-refractivity contribution in [2.45, 2.75) is 76.5 Å². The number of nitrogens with one attached hydrogen (secondary N) is 1. The molecule has 0 aromatic heterocycles. The molecule has 1 aromatic rings. The number of carbonyl (C=O) groups is 5. The zero-order valence-electron chi connectivity index (χ0n) is 20.2. The van der Waals surface area contributed by atoms with Crippen LogP contribution in [0, 0.1) is 0 Å². The minimum absolute atomic E-state index is 0.0370. The first-order chi connectivity index (χ1) is 16.5. The van der Waals surface area contributed by atoms with E-state index in [1.807, 2.05) is 26.8 Å². The average molecular weight is 483 g/mol. The predicted molar refractivity (Wildman–Crippen MR) is 124 cm³/mol. The van der Waals surface area contributed by atoms with Crippen molar-refractivity contribution in [3.05, 3.63) is 34.4 Å². The number of rotatable bonds is 3. The number of piperazine rings is 1. The van der Waals surface area contributed by atoms with Crippen molar-refractivity contribution in [3.63, 3.8) is 0 Å². The van der Waals surface area contributed by atoms with Crippen LogP contribution in [0.5, 0.6) is 0 Å². The Hall–Kier alpha value is -3.27. The lowest BCUT2D eigenvalue weighted by molar-refractivity contribution is -0.136. The van der Waals surface area contributed by atoms with E-state index in [2.05, 4.69) is 10.2 Å². The van der Waals surface area contributed by atoms with Crippen molar-refractivity contribution in [3.8, 4) is 0 Å². The topological polar surface area (TPSA) is 127 Å². The lowest BCUT2D eigenvalue weighted by Gasteiger charge is -2.40. The number of benzene rings is 1. The van der Waals surface area contributed by atoms with Crippen molar-refractivity contribution in [2.75, 3.05) is 13.1 Å². The summed E-state index contributed by atoms with van der Waals surface area (Å²) in [6, 6.07) is 2.46. The first kappa shape index (κ1) is 23.5. The van der Waals surface area contributed by atoms with Gasteiger partial charge in [-0.15, -0.1) is 0 Å². The second kappa shape index (κ2) is 8.15. The third kappa shape index (κ3) is 3.80. The Balaban J connectivity index is 1.47. The molecule has 2 N–H and O–H groups in total. The van der Waals surface area contributed by atoms with Gasteiger partial charge in [-0.25, -0.2) is 4.79 Å². The van der Waals surface area contributed by atoms with E-state index >= 15 is 0 Å². The molecule has 3 saturated heterocycles. The largest absolute Gasteiger partial charge is 0.465 e. The van der Waals surface area contributed by atoms with E-state index < -0.39 is 41.2 Å². The Morgan fingerprint density at radius 2 is 1.69 bits per heavy atom. The Morgan fingerprint density at radius 3 is 2.26 bits per heavy atom. The number of amides is 5. The van der Waals surface area contributed by atoms with Crippen LogP contribution in [0.1, 0.15) is 78.3 Å². The molecule has 0 aliphatic carbocycles. The quantitative estimate of drug-likeness (QED) is 0.628. The molecule has 3 fully saturated rings. The SMILES string of the molecule is CC(C)(C)c1c(CN2CC3CCC(C2)N3C(=O)O)ccc2c1C(=O)N(C1CCC(=O)NC1=O)C2=O. The van der Waals surface area contributed by atoms with Crippen molar-refractivity contribution in [2.24, 2.45) is 0 Å². The highest BCUT2D eigenvalue weighted by Crippen LogP contribution is 2.39. The molecule has 5 rings (SSSR count). The molecule has 0 radical (unpaired) electrons. The van der Waals surface area contributed by atoms with E-state index in [4.69, 9.17) is 0 Å². The van der Waals surface area contributed by atoms with Crippen LogP contribution in [0.2, 0.25) is 0 Å². The van der Waals surface area contributed by atoms with Crippen molar-refractivity contribution in [1.29, 1.82) is 0 Å². The summed E-state index contributed by atoms with van der Waals surface area (Å²) < 4.78 is 0. The van der Waals surface area contributed by atoms with Crippen LogP contribution in [-0.2, 0) is 21.5 Å². The molecule has 4 heterocycles. The van der Waals surface area contributed by atoms with Gasteiger partial charge in [0, 0.05) is 38.1 Å². The zero-order chi connectivity index (χ0) is 25.2. The van der Waals surface area contributed by atoms with Gasteiger partial charge < -0.3 is 5.11 Å². The maximum atomic E-state index is 13.6. The minimum atomic E-state index is -1.00. The molecule has 0 spiro atoms. The average Bonchev–Trinajstić information content (AvgIpc) is 3.18. The van der Waals surface area contributed by atoms with Gasteiger partial charge in [-0.1, -0.05) is 26.8 Å². The Labute approximate surface area is 203 Å². The highest BCUT2D eigenvalue weighted by molar-refractivity contribution is 6.24. The molecule has 4 aliphatic heterocycles. The third-order valence-corrected chi connectivity index (χ3v) is 7.62. The second-order valence-corrected chi connectivity index (χ2v) is 11.0. The van der Waals surface area contributed by atoms with Crippen LogP contribution in [0.15, 0.2) is 12.1 Å². The molecule has 3 atom stereocenters. The maximum Gasteiger partial charge on any atom is 0.407 e. The van der Waals surface area contributed by atoms with Crippen LogP contribution in [-0.4, -0.2) is 80.7 Å². The normalized spacial score (nSPS) is 26.9. The summed E-state index contributed by atoms with van der Waals surface area (Å²) in [5, 5.41) is 11.8. The molecule has 186 valence electrons. The van der Waals surface area contributed by atoms with Gasteiger partial charge in [0.05, 0.1) is 11.1 Å². The fourth-order valence-electron chi connectivity index (χ4n) is 6.26. The Morgan fingerprint density at radius 1 is 1.03 bits per heavy atom. The van der Waals surface area contributed by atoms with E-state index in [9.17, 15) is 29.1 Å². The number of hydrogen-bond donors (Lipinski definition) is 2. The Bertz CT molecular complexity index is 1140. The highest BCUT2D eigenvalue weighted by Gasteiger charge is 2.48. The molecular weight excluding hydrogens is 452 g/mol. The molecule has 3 unspecified atom stereocenters. The number of hydrogen-bond acceptors (Lipinski definition) is 6. The minimum Gasteiger partial charge on any atom is -0.465 e. The van der Waals surface area contributed by atoms with E-state index in [-0.39, 0.29) is 30.5 Å². The second-order valence-electron chi connectivity index (χ2n) is 11.0. The first-order valence-corrected chi connectivity index (χ1v) is 12.1. The van der Waals surface area contributed by atoms with Crippen LogP contribution in [0.25, 0.3) is 0 Å². The van der Waals surface area contributed by atoms with Crippen LogP contribution < -0.4 is 5.32 Å². The van der Waals surface area contributed by atoms with E-state index in [1.165, 1.54) is 0 Å². The monoisotopic (exact) mass is 482 g/mol. The third-order valence-electron chi connectivity index (χ3n) is 7.62. The molecule has 10 nitrogen and oxygen atoms in total. The van der Waals surface area contributed by atoms with Crippen LogP contribution in [0.3, 0.4) is 0 Å². The molecular formula is C25H30N4O6. The molecule has 2 bridgehead atoms. The number of likely N-dealkylation sites (tertiary alicyclic amines) is 1. The van der Waals surface area contributed by atoms with E-state index in [1.54, 1.807) is 11.0 Å². The molecule has 1 aromatic carbocycles. The van der Waals surface area contributed by atoms with Crippen LogP contribution >= 0.6 is 0 Å². The summed E-state index contributed by atoms with van der Waals surface area (Å²) >= 11 is 0. The smallest absolute Gasteiger partial charge is 0.407 e. The van der Waals surface area contributed by atoms with Gasteiger partial charge in [-0.3, -0.25) is 39.2 Å². The van der Waals surface area contributed by atoms with Crippen molar-refractivity contribution in [1.82, 2.24) is 20.0 Å². The number of fused-ring (bicyclic) bond motifs is 3. The molecule has 35 heavy (non-hydrogen) atoms.